The molecule has 2 aromatic rings. The number of rotatable bonds is 7. The first-order chi connectivity index (χ1) is 15.5. The van der Waals surface area contributed by atoms with Crippen LogP contribution in [-0.4, -0.2) is 53.0 Å². The summed E-state index contributed by atoms with van der Waals surface area (Å²) >= 11 is 0. The maximum atomic E-state index is 14.7. The maximum Gasteiger partial charge on any atom is 0.263 e. The second-order valence-electron chi connectivity index (χ2n) is 8.54. The number of nitrogens with zero attached hydrogens (tertiary/aromatic N) is 5. The Bertz CT molecular complexity index is 958. The molecule has 3 N–H and O–H groups in total. The molecule has 2 aromatic heterocycles. The Balaban J connectivity index is 1.63. The van der Waals surface area contributed by atoms with Crippen LogP contribution in [0.4, 0.5) is 31.8 Å². The van der Waals surface area contributed by atoms with Crippen molar-refractivity contribution in [1.29, 1.82) is 0 Å². The molecular formula is C22H31F2N7O. The van der Waals surface area contributed by atoms with E-state index in [0.717, 1.165) is 57.8 Å². The molecule has 8 nitrogen and oxygen atoms in total. The van der Waals surface area contributed by atoms with Gasteiger partial charge in [-0.25, -0.2) is 13.5 Å². The average Bonchev–Trinajstić information content (AvgIpc) is 3.10. The minimum Gasteiger partial charge on any atom is -0.381 e. The smallest absolute Gasteiger partial charge is 0.263 e. The number of hydrogen-bond acceptors (Lipinski definition) is 6. The van der Waals surface area contributed by atoms with Gasteiger partial charge in [0.2, 0.25) is 0 Å². The molecule has 1 fully saturated rings. The topological polar surface area (TPSA) is 92.3 Å². The van der Waals surface area contributed by atoms with Gasteiger partial charge in [-0.15, -0.1) is 0 Å². The molecule has 4 heterocycles. The zero-order valence-corrected chi connectivity index (χ0v) is 18.5. The number of aromatic nitrogens is 3. The summed E-state index contributed by atoms with van der Waals surface area (Å²) in [6.45, 7) is 4.40. The number of piperidine rings is 1. The molecule has 1 atom stereocenters. The van der Waals surface area contributed by atoms with Gasteiger partial charge in [-0.05, 0) is 25.7 Å². The summed E-state index contributed by atoms with van der Waals surface area (Å²) in [5.74, 6) is -0.409. The third kappa shape index (κ3) is 4.49. The van der Waals surface area contributed by atoms with Crippen molar-refractivity contribution < 1.29 is 13.6 Å². The lowest BCUT2D eigenvalue weighted by Crippen LogP contribution is -2.41. The van der Waals surface area contributed by atoms with Gasteiger partial charge in [0.05, 0.1) is 31.2 Å². The van der Waals surface area contributed by atoms with E-state index in [4.69, 9.17) is 5.73 Å². The number of nitrogens with two attached hydrogens (primary N) is 1. The molecule has 2 aliphatic heterocycles. The molecule has 32 heavy (non-hydrogen) atoms. The third-order valence-corrected chi connectivity index (χ3v) is 6.09. The number of pyridine rings is 1. The standard InChI is InChI=1S/C22H31F2N7O/c1-2-3-5-10-30-13-15(23)14-31-22(30)18(20(25)28-31)21(32)27-17-12-26-11-16(24)19(17)29-8-6-4-7-9-29/h11-12,15H,2-10,13-14H2,1H3,(H2,25,28)(H,27,32). The molecule has 0 aromatic carbocycles. The number of nitrogen functional groups attached to an aromatic ring is 1. The predicted molar refractivity (Wildman–Crippen MR) is 121 cm³/mol. The largest absolute Gasteiger partial charge is 0.381 e. The van der Waals surface area contributed by atoms with Crippen LogP contribution in [0.15, 0.2) is 12.4 Å². The highest BCUT2D eigenvalue weighted by molar-refractivity contribution is 6.12. The van der Waals surface area contributed by atoms with Gasteiger partial charge in [-0.2, -0.15) is 5.10 Å². The molecule has 174 valence electrons. The molecule has 4 rings (SSSR count). The fraction of sp³-hybridized carbons (Fsp3) is 0.591. The lowest BCUT2D eigenvalue weighted by molar-refractivity contribution is 0.102. The minimum atomic E-state index is -1.09. The summed E-state index contributed by atoms with van der Waals surface area (Å²) < 4.78 is 30.5. The third-order valence-electron chi connectivity index (χ3n) is 6.09. The van der Waals surface area contributed by atoms with Crippen molar-refractivity contribution in [1.82, 2.24) is 14.8 Å². The zero-order chi connectivity index (χ0) is 22.7. The van der Waals surface area contributed by atoms with Crippen LogP contribution in [0.25, 0.3) is 0 Å². The molecule has 1 unspecified atom stereocenters. The Morgan fingerprint density at radius 3 is 2.75 bits per heavy atom. The van der Waals surface area contributed by atoms with Crippen molar-refractivity contribution in [3.63, 3.8) is 0 Å². The van der Waals surface area contributed by atoms with Gasteiger partial charge in [-0.3, -0.25) is 9.78 Å². The summed E-state index contributed by atoms with van der Waals surface area (Å²) in [4.78, 5) is 21.1. The number of carbonyl (C=O) groups is 1. The predicted octanol–water partition coefficient (Wildman–Crippen LogP) is 3.59. The first-order valence-electron chi connectivity index (χ1n) is 11.4. The van der Waals surface area contributed by atoms with Gasteiger partial charge < -0.3 is 20.9 Å². The lowest BCUT2D eigenvalue weighted by Gasteiger charge is -2.32. The normalized spacial score (nSPS) is 18.5. The van der Waals surface area contributed by atoms with E-state index < -0.39 is 17.9 Å². The molecular weight excluding hydrogens is 416 g/mol. The SMILES string of the molecule is CCCCCN1CC(F)Cn2nc(N)c(C(=O)Nc3cncc(F)c3N3CCCCC3)c21. The van der Waals surface area contributed by atoms with Gasteiger partial charge in [0.1, 0.15) is 23.2 Å². The molecule has 0 radical (unpaired) electrons. The highest BCUT2D eigenvalue weighted by atomic mass is 19.1. The van der Waals surface area contributed by atoms with Crippen LogP contribution in [0.3, 0.4) is 0 Å². The first kappa shape index (κ1) is 22.3. The Kier molecular flexibility index (Phi) is 6.76. The number of alkyl halides is 1. The maximum absolute atomic E-state index is 14.7. The van der Waals surface area contributed by atoms with Gasteiger partial charge in [-0.1, -0.05) is 19.8 Å². The Morgan fingerprint density at radius 1 is 1.22 bits per heavy atom. The van der Waals surface area contributed by atoms with Gasteiger partial charge >= 0.3 is 0 Å². The monoisotopic (exact) mass is 447 g/mol. The summed E-state index contributed by atoms with van der Waals surface area (Å²) in [5.41, 5.74) is 6.95. The molecule has 10 heteroatoms. The summed E-state index contributed by atoms with van der Waals surface area (Å²) in [6.07, 6.45) is 7.49. The van der Waals surface area contributed by atoms with Crippen molar-refractivity contribution in [2.45, 2.75) is 58.2 Å². The Hall–Kier alpha value is -2.91. The van der Waals surface area contributed by atoms with E-state index in [1.54, 1.807) is 0 Å². The zero-order valence-electron chi connectivity index (χ0n) is 18.5. The van der Waals surface area contributed by atoms with Crippen LogP contribution in [0.2, 0.25) is 0 Å². The van der Waals surface area contributed by atoms with Crippen LogP contribution >= 0.6 is 0 Å². The fourth-order valence-corrected chi connectivity index (χ4v) is 4.60. The van der Waals surface area contributed by atoms with Crippen LogP contribution in [0.1, 0.15) is 55.8 Å². The molecule has 0 aliphatic carbocycles. The van der Waals surface area contributed by atoms with E-state index in [1.807, 2.05) is 9.80 Å². The number of amides is 1. The van der Waals surface area contributed by atoms with E-state index in [9.17, 15) is 13.6 Å². The number of halogens is 2. The van der Waals surface area contributed by atoms with Crippen molar-refractivity contribution >= 4 is 28.9 Å². The van der Waals surface area contributed by atoms with Crippen LogP contribution in [-0.2, 0) is 6.54 Å². The van der Waals surface area contributed by atoms with E-state index in [2.05, 4.69) is 22.3 Å². The van der Waals surface area contributed by atoms with Crippen molar-refractivity contribution in [2.24, 2.45) is 0 Å². The number of carbonyl (C=O) groups excluding carboxylic acids is 1. The molecule has 2 aliphatic rings. The molecule has 0 spiro atoms. The molecule has 0 bridgehead atoms. The van der Waals surface area contributed by atoms with Crippen LogP contribution in [0.5, 0.6) is 0 Å². The summed E-state index contributed by atoms with van der Waals surface area (Å²) in [6, 6.07) is 0. The number of unbranched alkanes of at least 4 members (excludes halogenated alkanes) is 2. The fourth-order valence-electron chi connectivity index (χ4n) is 4.60. The molecule has 1 amide bonds. The number of fused-ring (bicyclic) bond motifs is 1. The van der Waals surface area contributed by atoms with E-state index in [0.29, 0.717) is 23.7 Å². The average molecular weight is 448 g/mol. The highest BCUT2D eigenvalue weighted by Gasteiger charge is 2.33. The minimum absolute atomic E-state index is 0.0379. The number of hydrogen-bond donors (Lipinski definition) is 2. The van der Waals surface area contributed by atoms with Gasteiger partial charge in [0.15, 0.2) is 11.6 Å². The number of anilines is 4. The van der Waals surface area contributed by atoms with E-state index in [1.165, 1.54) is 10.9 Å². The van der Waals surface area contributed by atoms with E-state index >= 15 is 0 Å². The molecule has 0 saturated carbocycles. The van der Waals surface area contributed by atoms with Crippen molar-refractivity contribution in [3.05, 3.63) is 23.8 Å². The number of nitrogens with one attached hydrogen (secondary N) is 1. The van der Waals surface area contributed by atoms with Crippen molar-refractivity contribution in [2.75, 3.05) is 47.0 Å². The van der Waals surface area contributed by atoms with Gasteiger partial charge in [0, 0.05) is 19.6 Å². The second kappa shape index (κ2) is 9.70. The second-order valence-corrected chi connectivity index (χ2v) is 8.54. The van der Waals surface area contributed by atoms with Crippen molar-refractivity contribution in [3.8, 4) is 0 Å². The van der Waals surface area contributed by atoms with Crippen LogP contribution in [0, 0.1) is 5.82 Å². The van der Waals surface area contributed by atoms with Crippen LogP contribution < -0.4 is 20.9 Å². The quantitative estimate of drug-likeness (QED) is 0.630. The highest BCUT2D eigenvalue weighted by Crippen LogP contribution is 2.34. The summed E-state index contributed by atoms with van der Waals surface area (Å²) in [5, 5.41) is 7.03. The Labute approximate surface area is 186 Å². The molecule has 1 saturated heterocycles. The Morgan fingerprint density at radius 2 is 2.00 bits per heavy atom. The lowest BCUT2D eigenvalue weighted by atomic mass is 10.1. The van der Waals surface area contributed by atoms with E-state index in [-0.39, 0.29) is 24.5 Å². The van der Waals surface area contributed by atoms with Gasteiger partial charge in [0.25, 0.3) is 5.91 Å². The summed E-state index contributed by atoms with van der Waals surface area (Å²) in [7, 11) is 0. The first-order valence-corrected chi connectivity index (χ1v) is 11.4.